The maximum atomic E-state index is 6.25. The molecule has 0 heterocycles. The first-order chi connectivity index (χ1) is 11.1. The summed E-state index contributed by atoms with van der Waals surface area (Å²) in [4.78, 5) is 4.99. The third-order valence-corrected chi connectivity index (χ3v) is 8.53. The lowest BCUT2D eigenvalue weighted by atomic mass is 10.4. The van der Waals surface area contributed by atoms with Crippen molar-refractivity contribution in [2.24, 2.45) is 0 Å². The van der Waals surface area contributed by atoms with Crippen LogP contribution in [0.15, 0.2) is 0 Å². The van der Waals surface area contributed by atoms with Crippen LogP contribution >= 0.6 is 0 Å². The van der Waals surface area contributed by atoms with Crippen LogP contribution < -0.4 is 0 Å². The Labute approximate surface area is 146 Å². The van der Waals surface area contributed by atoms with E-state index in [4.69, 9.17) is 8.85 Å². The predicted octanol–water partition coefficient (Wildman–Crippen LogP) is 3.97. The normalized spacial score (nSPS) is 12.5. The molecule has 0 radical (unpaired) electrons. The summed E-state index contributed by atoms with van der Waals surface area (Å²) in [5.41, 5.74) is 0. The summed E-state index contributed by atoms with van der Waals surface area (Å²) in [6.45, 7) is 21.6. The minimum Gasteiger partial charge on any atom is -0.394 e. The van der Waals surface area contributed by atoms with E-state index in [9.17, 15) is 0 Å². The highest BCUT2D eigenvalue weighted by Gasteiger charge is 2.36. The molecule has 0 unspecified atom stereocenters. The first-order valence-electron chi connectivity index (χ1n) is 9.83. The maximum Gasteiger partial charge on any atom is 0.338 e. The third kappa shape index (κ3) is 9.82. The monoisotopic (exact) mass is 346 g/mol. The van der Waals surface area contributed by atoms with Gasteiger partial charge >= 0.3 is 8.56 Å². The van der Waals surface area contributed by atoms with Gasteiger partial charge in [0, 0.05) is 13.2 Å². The minimum absolute atomic E-state index is 0.781. The molecule has 4 nitrogen and oxygen atoms in total. The Morgan fingerprint density at radius 3 is 1.22 bits per heavy atom. The van der Waals surface area contributed by atoms with Crippen molar-refractivity contribution in [2.45, 2.75) is 66.5 Å². The van der Waals surface area contributed by atoms with Gasteiger partial charge in [0.25, 0.3) is 0 Å². The Morgan fingerprint density at radius 1 is 0.609 bits per heavy atom. The molecule has 0 rings (SSSR count). The summed E-state index contributed by atoms with van der Waals surface area (Å²) in [5, 5.41) is 0. The van der Waals surface area contributed by atoms with Gasteiger partial charge in [0.1, 0.15) is 0 Å². The second kappa shape index (κ2) is 14.4. The number of rotatable bonds is 16. The van der Waals surface area contributed by atoms with E-state index in [-0.39, 0.29) is 0 Å². The Hall–Kier alpha value is 0.0569. The first-order valence-corrected chi connectivity index (χ1v) is 12.1. The fourth-order valence-electron chi connectivity index (χ4n) is 3.21. The van der Waals surface area contributed by atoms with Crippen LogP contribution in [0.25, 0.3) is 0 Å². The summed E-state index contributed by atoms with van der Waals surface area (Å²) in [5.74, 6) is 0. The van der Waals surface area contributed by atoms with E-state index in [0.717, 1.165) is 64.6 Å². The van der Waals surface area contributed by atoms with Crippen LogP contribution in [0.3, 0.4) is 0 Å². The standard InChI is InChI=1S/C18H42N2O2Si/c1-7-19(8-2)15-13-17-23(21-11-5,22-12-6)18-14-16-20(9-3)10-4/h7-18H2,1-6H3. The van der Waals surface area contributed by atoms with Crippen molar-refractivity contribution in [1.29, 1.82) is 0 Å². The van der Waals surface area contributed by atoms with Gasteiger partial charge in [0.2, 0.25) is 0 Å². The fourth-order valence-corrected chi connectivity index (χ4v) is 6.56. The summed E-state index contributed by atoms with van der Waals surface area (Å²) < 4.78 is 12.5. The lowest BCUT2D eigenvalue weighted by molar-refractivity contribution is 0.176. The SMILES string of the molecule is CCO[Si](CCCN(CC)CC)(CCCN(CC)CC)OCC. The molecule has 0 fully saturated rings. The second-order valence-corrected chi connectivity index (χ2v) is 9.44. The summed E-state index contributed by atoms with van der Waals surface area (Å²) >= 11 is 0. The van der Waals surface area contributed by atoms with E-state index in [0.29, 0.717) is 0 Å². The molecule has 0 spiro atoms. The van der Waals surface area contributed by atoms with Crippen molar-refractivity contribution < 1.29 is 8.85 Å². The second-order valence-electron chi connectivity index (χ2n) is 6.04. The van der Waals surface area contributed by atoms with Gasteiger partial charge in [-0.2, -0.15) is 0 Å². The van der Waals surface area contributed by atoms with Gasteiger partial charge in [-0.25, -0.2) is 0 Å². The molecular formula is C18H42N2O2Si. The van der Waals surface area contributed by atoms with Crippen LogP contribution in [0.2, 0.25) is 12.1 Å². The smallest absolute Gasteiger partial charge is 0.338 e. The highest BCUT2D eigenvalue weighted by atomic mass is 28.4. The molecule has 0 aliphatic carbocycles. The molecule has 5 heteroatoms. The number of hydrogen-bond donors (Lipinski definition) is 0. The first kappa shape index (κ1) is 23.1. The molecule has 0 saturated heterocycles. The van der Waals surface area contributed by atoms with E-state index in [1.807, 2.05) is 0 Å². The van der Waals surface area contributed by atoms with Crippen LogP contribution in [0.1, 0.15) is 54.4 Å². The molecule has 140 valence electrons. The average molecular weight is 347 g/mol. The molecule has 0 aliphatic heterocycles. The molecule has 0 aliphatic rings. The summed E-state index contributed by atoms with van der Waals surface area (Å²) in [7, 11) is -2.03. The quantitative estimate of drug-likeness (QED) is 0.395. The molecular weight excluding hydrogens is 304 g/mol. The molecule has 0 aromatic rings. The van der Waals surface area contributed by atoms with Gasteiger partial charge in [0.15, 0.2) is 0 Å². The average Bonchev–Trinajstić information content (AvgIpc) is 2.56. The topological polar surface area (TPSA) is 24.9 Å². The molecule has 0 amide bonds. The van der Waals surface area contributed by atoms with Crippen LogP contribution in [0.5, 0.6) is 0 Å². The Bertz CT molecular complexity index is 233. The van der Waals surface area contributed by atoms with Gasteiger partial charge in [0.05, 0.1) is 0 Å². The Balaban J connectivity index is 4.54. The van der Waals surface area contributed by atoms with Crippen LogP contribution in [0.4, 0.5) is 0 Å². The van der Waals surface area contributed by atoms with Crippen molar-refractivity contribution in [1.82, 2.24) is 9.80 Å². The molecule has 0 N–H and O–H groups in total. The molecule has 23 heavy (non-hydrogen) atoms. The van der Waals surface area contributed by atoms with Crippen molar-refractivity contribution in [2.75, 3.05) is 52.5 Å². The maximum absolute atomic E-state index is 6.25. The van der Waals surface area contributed by atoms with E-state index < -0.39 is 8.56 Å². The van der Waals surface area contributed by atoms with Crippen molar-refractivity contribution >= 4 is 8.56 Å². The lowest BCUT2D eigenvalue weighted by Gasteiger charge is -2.32. The van der Waals surface area contributed by atoms with Crippen LogP contribution in [-0.4, -0.2) is 70.8 Å². The van der Waals surface area contributed by atoms with Gasteiger partial charge in [-0.1, -0.05) is 27.7 Å². The predicted molar refractivity (Wildman–Crippen MR) is 103 cm³/mol. The zero-order valence-corrected chi connectivity index (χ0v) is 17.7. The molecule has 0 aromatic carbocycles. The highest BCUT2D eigenvalue weighted by molar-refractivity contribution is 6.67. The Morgan fingerprint density at radius 2 is 0.957 bits per heavy atom. The van der Waals surface area contributed by atoms with Crippen molar-refractivity contribution in [3.05, 3.63) is 0 Å². The molecule has 0 atom stereocenters. The largest absolute Gasteiger partial charge is 0.394 e. The zero-order chi connectivity index (χ0) is 17.6. The van der Waals surface area contributed by atoms with Gasteiger partial charge < -0.3 is 18.7 Å². The van der Waals surface area contributed by atoms with Crippen molar-refractivity contribution in [3.8, 4) is 0 Å². The summed E-state index contributed by atoms with van der Waals surface area (Å²) in [6.07, 6.45) is 2.39. The van der Waals surface area contributed by atoms with Crippen molar-refractivity contribution in [3.63, 3.8) is 0 Å². The molecule has 0 aromatic heterocycles. The van der Waals surface area contributed by atoms with Crippen LogP contribution in [0, 0.1) is 0 Å². The highest BCUT2D eigenvalue weighted by Crippen LogP contribution is 2.23. The van der Waals surface area contributed by atoms with E-state index in [2.05, 4.69) is 51.3 Å². The van der Waals surface area contributed by atoms with E-state index in [1.165, 1.54) is 12.8 Å². The van der Waals surface area contributed by atoms with Gasteiger partial charge in [-0.3, -0.25) is 0 Å². The van der Waals surface area contributed by atoms with E-state index in [1.54, 1.807) is 0 Å². The fraction of sp³-hybridized carbons (Fsp3) is 1.00. The molecule has 0 bridgehead atoms. The number of nitrogens with zero attached hydrogens (tertiary/aromatic N) is 2. The Kier molecular flexibility index (Phi) is 14.4. The zero-order valence-electron chi connectivity index (χ0n) is 16.7. The molecule has 0 saturated carbocycles. The summed E-state index contributed by atoms with van der Waals surface area (Å²) in [6, 6.07) is 2.26. The van der Waals surface area contributed by atoms with Crippen LogP contribution in [-0.2, 0) is 8.85 Å². The third-order valence-electron chi connectivity index (χ3n) is 4.67. The van der Waals surface area contributed by atoms with E-state index >= 15 is 0 Å². The lowest BCUT2D eigenvalue weighted by Crippen LogP contribution is -2.43. The van der Waals surface area contributed by atoms with Gasteiger partial charge in [-0.05, 0) is 78.0 Å². The van der Waals surface area contributed by atoms with Gasteiger partial charge in [-0.15, -0.1) is 0 Å². The minimum atomic E-state index is -2.03. The number of hydrogen-bond acceptors (Lipinski definition) is 4.